The quantitative estimate of drug-likeness (QED) is 0.618. The molecule has 1 unspecified atom stereocenters. The van der Waals surface area contributed by atoms with Crippen LogP contribution in [-0.4, -0.2) is 13.1 Å². The van der Waals surface area contributed by atoms with Crippen molar-refractivity contribution in [2.45, 2.75) is 13.0 Å². The molecule has 0 aliphatic rings. The van der Waals surface area contributed by atoms with Crippen LogP contribution >= 0.6 is 0 Å². The first-order chi connectivity index (χ1) is 11.0. The molecule has 2 aromatic carbocycles. The third-order valence-corrected chi connectivity index (χ3v) is 3.65. The standard InChI is InChI=1S/C20H21NO2/c1-14(2)15(3)19(21-18-8-6-5-7-9-18)16-10-12-17(13-11-16)20(22)23-4/h5-13,19,21H,1,3H2,2,4H3. The third-order valence-electron chi connectivity index (χ3n) is 3.65. The third kappa shape index (κ3) is 4.10. The van der Waals surface area contributed by atoms with Crippen molar-refractivity contribution in [1.29, 1.82) is 0 Å². The average molecular weight is 307 g/mol. The molecule has 1 atom stereocenters. The number of ether oxygens (including phenoxy) is 1. The highest BCUT2D eigenvalue weighted by atomic mass is 16.5. The van der Waals surface area contributed by atoms with E-state index in [4.69, 9.17) is 4.74 Å². The van der Waals surface area contributed by atoms with Crippen LogP contribution in [0.15, 0.2) is 78.9 Å². The van der Waals surface area contributed by atoms with Crippen LogP contribution in [0.5, 0.6) is 0 Å². The first-order valence-electron chi connectivity index (χ1n) is 7.37. The normalized spacial score (nSPS) is 11.4. The first kappa shape index (κ1) is 16.6. The molecule has 0 heterocycles. The van der Waals surface area contributed by atoms with Gasteiger partial charge in [-0.05, 0) is 42.3 Å². The predicted octanol–water partition coefficient (Wildman–Crippen LogP) is 4.76. The molecule has 0 radical (unpaired) electrons. The van der Waals surface area contributed by atoms with Gasteiger partial charge in [-0.15, -0.1) is 0 Å². The van der Waals surface area contributed by atoms with E-state index in [1.165, 1.54) is 7.11 Å². The van der Waals surface area contributed by atoms with Crippen LogP contribution in [0.1, 0.15) is 28.9 Å². The number of benzene rings is 2. The summed E-state index contributed by atoms with van der Waals surface area (Å²) in [6.45, 7) is 10.1. The lowest BCUT2D eigenvalue weighted by Gasteiger charge is -2.23. The Labute approximate surface area is 137 Å². The van der Waals surface area contributed by atoms with Gasteiger partial charge in [-0.3, -0.25) is 0 Å². The van der Waals surface area contributed by atoms with Crippen molar-refractivity contribution in [2.75, 3.05) is 12.4 Å². The highest BCUT2D eigenvalue weighted by molar-refractivity contribution is 5.89. The zero-order valence-electron chi connectivity index (χ0n) is 13.5. The molecular formula is C20H21NO2. The molecule has 0 amide bonds. The molecule has 1 N–H and O–H groups in total. The molecule has 23 heavy (non-hydrogen) atoms. The molecule has 118 valence electrons. The molecule has 3 heteroatoms. The number of hydrogen-bond donors (Lipinski definition) is 1. The van der Waals surface area contributed by atoms with Gasteiger partial charge in [0, 0.05) is 5.69 Å². The Morgan fingerprint density at radius 3 is 2.17 bits per heavy atom. The Balaban J connectivity index is 2.31. The fourth-order valence-electron chi connectivity index (χ4n) is 2.25. The molecule has 0 aliphatic carbocycles. The smallest absolute Gasteiger partial charge is 0.337 e. The van der Waals surface area contributed by atoms with E-state index in [-0.39, 0.29) is 12.0 Å². The van der Waals surface area contributed by atoms with Crippen LogP contribution in [0, 0.1) is 0 Å². The van der Waals surface area contributed by atoms with Gasteiger partial charge in [-0.2, -0.15) is 0 Å². The fourth-order valence-corrected chi connectivity index (χ4v) is 2.25. The van der Waals surface area contributed by atoms with Crippen LogP contribution in [0.2, 0.25) is 0 Å². The van der Waals surface area contributed by atoms with Crippen molar-refractivity contribution >= 4 is 11.7 Å². The minimum atomic E-state index is -0.345. The van der Waals surface area contributed by atoms with Crippen molar-refractivity contribution < 1.29 is 9.53 Å². The van der Waals surface area contributed by atoms with Crippen LogP contribution in [0.3, 0.4) is 0 Å². The molecule has 3 nitrogen and oxygen atoms in total. The lowest BCUT2D eigenvalue weighted by Crippen LogP contribution is -2.14. The topological polar surface area (TPSA) is 38.3 Å². The second-order valence-corrected chi connectivity index (χ2v) is 5.36. The van der Waals surface area contributed by atoms with E-state index in [0.29, 0.717) is 5.56 Å². The number of carbonyl (C=O) groups is 1. The Hall–Kier alpha value is -2.81. The largest absolute Gasteiger partial charge is 0.465 e. The molecule has 0 aliphatic heterocycles. The highest BCUT2D eigenvalue weighted by Gasteiger charge is 2.16. The summed E-state index contributed by atoms with van der Waals surface area (Å²) >= 11 is 0. The summed E-state index contributed by atoms with van der Waals surface area (Å²) < 4.78 is 4.73. The van der Waals surface area contributed by atoms with E-state index < -0.39 is 0 Å². The first-order valence-corrected chi connectivity index (χ1v) is 7.37. The number of nitrogens with one attached hydrogen (secondary N) is 1. The molecule has 2 rings (SSSR count). The highest BCUT2D eigenvalue weighted by Crippen LogP contribution is 2.29. The Bertz CT molecular complexity index is 702. The van der Waals surface area contributed by atoms with Crippen molar-refractivity contribution in [3.05, 3.63) is 90.0 Å². The number of rotatable bonds is 6. The maximum atomic E-state index is 11.6. The molecule has 2 aromatic rings. The second kappa shape index (κ2) is 7.45. The number of anilines is 1. The predicted molar refractivity (Wildman–Crippen MR) is 94.5 cm³/mol. The van der Waals surface area contributed by atoms with Crippen molar-refractivity contribution in [3.8, 4) is 0 Å². The summed E-state index contributed by atoms with van der Waals surface area (Å²) in [6, 6.07) is 17.1. The molecule has 0 spiro atoms. The second-order valence-electron chi connectivity index (χ2n) is 5.36. The summed E-state index contributed by atoms with van der Waals surface area (Å²) in [5, 5.41) is 3.46. The van der Waals surface area contributed by atoms with Crippen LogP contribution in [0.4, 0.5) is 5.69 Å². The van der Waals surface area contributed by atoms with Crippen molar-refractivity contribution in [2.24, 2.45) is 0 Å². The summed E-state index contributed by atoms with van der Waals surface area (Å²) in [4.78, 5) is 11.6. The van der Waals surface area contributed by atoms with Gasteiger partial charge in [0.25, 0.3) is 0 Å². The van der Waals surface area contributed by atoms with Crippen LogP contribution in [0.25, 0.3) is 0 Å². The Morgan fingerprint density at radius 1 is 1.04 bits per heavy atom. The van der Waals surface area contributed by atoms with Crippen LogP contribution < -0.4 is 5.32 Å². The van der Waals surface area contributed by atoms with Gasteiger partial charge in [-0.25, -0.2) is 4.79 Å². The maximum absolute atomic E-state index is 11.6. The van der Waals surface area contributed by atoms with E-state index in [2.05, 4.69) is 18.5 Å². The van der Waals surface area contributed by atoms with Gasteiger partial charge in [0.05, 0.1) is 18.7 Å². The van der Waals surface area contributed by atoms with Gasteiger partial charge in [0.1, 0.15) is 0 Å². The SMILES string of the molecule is C=C(C)C(=C)C(Nc1ccccc1)c1ccc(C(=O)OC)cc1. The average Bonchev–Trinajstić information content (AvgIpc) is 2.59. The zero-order chi connectivity index (χ0) is 16.8. The number of methoxy groups -OCH3 is 1. The summed E-state index contributed by atoms with van der Waals surface area (Å²) in [5.41, 5.74) is 4.34. The van der Waals surface area contributed by atoms with E-state index in [1.54, 1.807) is 12.1 Å². The molecule has 0 saturated heterocycles. The Kier molecular flexibility index (Phi) is 5.36. The molecule has 0 aromatic heterocycles. The monoisotopic (exact) mass is 307 g/mol. The van der Waals surface area contributed by atoms with E-state index in [0.717, 1.165) is 22.4 Å². The van der Waals surface area contributed by atoms with Gasteiger partial charge in [-0.1, -0.05) is 49.1 Å². The number of carbonyl (C=O) groups excluding carboxylic acids is 1. The maximum Gasteiger partial charge on any atom is 0.337 e. The minimum absolute atomic E-state index is 0.110. The summed E-state index contributed by atoms with van der Waals surface area (Å²) in [6.07, 6.45) is 0. The number of para-hydroxylation sites is 1. The number of esters is 1. The van der Waals surface area contributed by atoms with Gasteiger partial charge < -0.3 is 10.1 Å². The molecular weight excluding hydrogens is 286 g/mol. The van der Waals surface area contributed by atoms with Gasteiger partial charge in [0.2, 0.25) is 0 Å². The lowest BCUT2D eigenvalue weighted by atomic mass is 9.94. The Morgan fingerprint density at radius 2 is 1.65 bits per heavy atom. The van der Waals surface area contributed by atoms with Crippen LogP contribution in [-0.2, 0) is 4.74 Å². The molecule has 0 saturated carbocycles. The number of hydrogen-bond acceptors (Lipinski definition) is 3. The molecule has 0 fully saturated rings. The van der Waals surface area contributed by atoms with E-state index in [9.17, 15) is 4.79 Å². The van der Waals surface area contributed by atoms with Gasteiger partial charge in [0.15, 0.2) is 0 Å². The fraction of sp³-hybridized carbons (Fsp3) is 0.150. The van der Waals surface area contributed by atoms with Crippen molar-refractivity contribution in [3.63, 3.8) is 0 Å². The molecule has 0 bridgehead atoms. The van der Waals surface area contributed by atoms with Crippen molar-refractivity contribution in [1.82, 2.24) is 0 Å². The van der Waals surface area contributed by atoms with Gasteiger partial charge >= 0.3 is 5.97 Å². The van der Waals surface area contributed by atoms with E-state index in [1.807, 2.05) is 49.4 Å². The van der Waals surface area contributed by atoms with E-state index >= 15 is 0 Å². The summed E-state index contributed by atoms with van der Waals surface area (Å²) in [7, 11) is 1.37. The zero-order valence-corrected chi connectivity index (χ0v) is 13.5. The minimum Gasteiger partial charge on any atom is -0.465 e. The lowest BCUT2D eigenvalue weighted by molar-refractivity contribution is 0.0600. The summed E-state index contributed by atoms with van der Waals surface area (Å²) in [5.74, 6) is -0.345.